The van der Waals surface area contributed by atoms with Crippen molar-refractivity contribution in [2.45, 2.75) is 24.8 Å². The topological polar surface area (TPSA) is 97.4 Å². The molecule has 0 fully saturated rings. The minimum Gasteiger partial charge on any atom is -0.478 e. The predicted molar refractivity (Wildman–Crippen MR) is 111 cm³/mol. The zero-order valence-corrected chi connectivity index (χ0v) is 16.9. The van der Waals surface area contributed by atoms with Gasteiger partial charge in [0, 0.05) is 31.3 Å². The van der Waals surface area contributed by atoms with Gasteiger partial charge in [-0.2, -0.15) is 0 Å². The van der Waals surface area contributed by atoms with Crippen molar-refractivity contribution in [1.29, 1.82) is 0 Å². The van der Waals surface area contributed by atoms with E-state index in [-0.39, 0.29) is 30.3 Å². The Morgan fingerprint density at radius 3 is 2.66 bits per heavy atom. The van der Waals surface area contributed by atoms with Gasteiger partial charge in [0.05, 0.1) is 11.5 Å². The van der Waals surface area contributed by atoms with Crippen LogP contribution in [0.1, 0.15) is 18.9 Å². The molecule has 0 saturated heterocycles. The molecule has 7 nitrogen and oxygen atoms in total. The Morgan fingerprint density at radius 2 is 1.86 bits per heavy atom. The third-order valence-electron chi connectivity index (χ3n) is 4.28. The third-order valence-corrected chi connectivity index (χ3v) is 5.74. The predicted octanol–water partition coefficient (Wildman–Crippen LogP) is 2.62. The second kappa shape index (κ2) is 9.49. The summed E-state index contributed by atoms with van der Waals surface area (Å²) >= 11 is 0. The number of carbonyl (C=O) groups excluding carboxylic acids is 1. The number of nitrogens with zero attached hydrogens (tertiary/aromatic N) is 1. The zero-order chi connectivity index (χ0) is 20.7. The second-order valence-corrected chi connectivity index (χ2v) is 8.10. The lowest BCUT2D eigenvalue weighted by Crippen LogP contribution is -2.30. The van der Waals surface area contributed by atoms with Gasteiger partial charge in [-0.05, 0) is 35.9 Å². The Balaban J connectivity index is 1.52. The minimum atomic E-state index is -3.69. The number of ether oxygens (including phenoxy) is 1. The van der Waals surface area contributed by atoms with E-state index < -0.39 is 10.0 Å². The Labute approximate surface area is 170 Å². The first-order chi connectivity index (χ1) is 14.0. The zero-order valence-electron chi connectivity index (χ0n) is 16.1. The van der Waals surface area contributed by atoms with Gasteiger partial charge >= 0.3 is 0 Å². The third kappa shape index (κ3) is 5.52. The smallest absolute Gasteiger partial charge is 0.240 e. The Hall–Kier alpha value is -2.97. The second-order valence-electron chi connectivity index (χ2n) is 6.33. The van der Waals surface area contributed by atoms with Crippen LogP contribution in [0, 0.1) is 0 Å². The summed E-state index contributed by atoms with van der Waals surface area (Å²) in [6.45, 7) is 2.61. The molecule has 0 radical (unpaired) electrons. The van der Waals surface area contributed by atoms with E-state index in [2.05, 4.69) is 15.0 Å². The van der Waals surface area contributed by atoms with Crippen LogP contribution in [-0.4, -0.2) is 32.5 Å². The van der Waals surface area contributed by atoms with Gasteiger partial charge in [-0.3, -0.25) is 4.79 Å². The van der Waals surface area contributed by atoms with E-state index in [1.165, 1.54) is 0 Å². The molecule has 152 valence electrons. The largest absolute Gasteiger partial charge is 0.478 e. The van der Waals surface area contributed by atoms with E-state index in [1.54, 1.807) is 30.5 Å². The van der Waals surface area contributed by atoms with Gasteiger partial charge in [0.2, 0.25) is 21.8 Å². The van der Waals surface area contributed by atoms with Crippen LogP contribution in [0.15, 0.2) is 65.7 Å². The number of carbonyl (C=O) groups is 1. The molecule has 1 amide bonds. The van der Waals surface area contributed by atoms with Gasteiger partial charge < -0.3 is 10.1 Å². The molecule has 3 aromatic rings. The maximum absolute atomic E-state index is 12.5. The van der Waals surface area contributed by atoms with Crippen LogP contribution in [0.25, 0.3) is 10.8 Å². The van der Waals surface area contributed by atoms with Crippen LogP contribution in [0.5, 0.6) is 5.88 Å². The molecule has 0 aliphatic rings. The summed E-state index contributed by atoms with van der Waals surface area (Å²) in [6.07, 6.45) is 1.65. The van der Waals surface area contributed by atoms with E-state index in [4.69, 9.17) is 4.74 Å². The lowest BCUT2D eigenvalue weighted by molar-refractivity contribution is -0.121. The summed E-state index contributed by atoms with van der Waals surface area (Å²) in [5.41, 5.74) is 0.763. The van der Waals surface area contributed by atoms with E-state index >= 15 is 0 Å². The Bertz CT molecular complexity index is 1100. The number of amides is 1. The van der Waals surface area contributed by atoms with Crippen molar-refractivity contribution in [3.8, 4) is 5.88 Å². The SMILES string of the molecule is CCOc1ncccc1CNC(=O)CCNS(=O)(=O)c1ccc2ccccc2c1. The van der Waals surface area contributed by atoms with Gasteiger partial charge in [-0.15, -0.1) is 0 Å². The fraction of sp³-hybridized carbons (Fsp3) is 0.238. The highest BCUT2D eigenvalue weighted by atomic mass is 32.2. The molecule has 3 rings (SSSR count). The van der Waals surface area contributed by atoms with Gasteiger partial charge in [0.1, 0.15) is 0 Å². The highest BCUT2D eigenvalue weighted by molar-refractivity contribution is 7.89. The molecule has 0 bridgehead atoms. The van der Waals surface area contributed by atoms with Crippen LogP contribution in [0.4, 0.5) is 0 Å². The Kier molecular flexibility index (Phi) is 6.79. The van der Waals surface area contributed by atoms with Crippen molar-refractivity contribution in [1.82, 2.24) is 15.0 Å². The van der Waals surface area contributed by atoms with Gasteiger partial charge in [0.25, 0.3) is 0 Å². The summed E-state index contributed by atoms with van der Waals surface area (Å²) in [5.74, 6) is 0.213. The molecule has 0 aliphatic carbocycles. The number of aromatic nitrogens is 1. The molecule has 8 heteroatoms. The molecule has 0 unspecified atom stereocenters. The van der Waals surface area contributed by atoms with Crippen molar-refractivity contribution >= 4 is 26.7 Å². The maximum atomic E-state index is 12.5. The van der Waals surface area contributed by atoms with Crippen LogP contribution in [-0.2, 0) is 21.4 Å². The average molecular weight is 413 g/mol. The van der Waals surface area contributed by atoms with Crippen molar-refractivity contribution in [2.75, 3.05) is 13.2 Å². The minimum absolute atomic E-state index is 0.00630. The molecular weight excluding hydrogens is 390 g/mol. The lowest BCUT2D eigenvalue weighted by Gasteiger charge is -2.10. The highest BCUT2D eigenvalue weighted by Gasteiger charge is 2.15. The number of sulfonamides is 1. The Morgan fingerprint density at radius 1 is 1.07 bits per heavy atom. The lowest BCUT2D eigenvalue weighted by atomic mass is 10.1. The summed E-state index contributed by atoms with van der Waals surface area (Å²) < 4.78 is 32.9. The molecular formula is C21H23N3O4S. The first kappa shape index (κ1) is 20.8. The summed E-state index contributed by atoms with van der Waals surface area (Å²) in [6, 6.07) is 16.1. The molecule has 0 aliphatic heterocycles. The number of hydrogen-bond donors (Lipinski definition) is 2. The summed E-state index contributed by atoms with van der Waals surface area (Å²) in [7, 11) is -3.69. The number of benzene rings is 2. The van der Waals surface area contributed by atoms with Crippen molar-refractivity contribution in [2.24, 2.45) is 0 Å². The van der Waals surface area contributed by atoms with Crippen LogP contribution < -0.4 is 14.8 Å². The number of hydrogen-bond acceptors (Lipinski definition) is 5. The van der Waals surface area contributed by atoms with Crippen molar-refractivity contribution < 1.29 is 17.9 Å². The molecule has 1 aromatic heterocycles. The van der Waals surface area contributed by atoms with Gasteiger partial charge in [-0.25, -0.2) is 18.1 Å². The fourth-order valence-electron chi connectivity index (χ4n) is 2.82. The molecule has 0 atom stereocenters. The monoisotopic (exact) mass is 413 g/mol. The molecule has 1 heterocycles. The van der Waals surface area contributed by atoms with E-state index in [0.29, 0.717) is 12.5 Å². The first-order valence-electron chi connectivity index (χ1n) is 9.31. The summed E-state index contributed by atoms with van der Waals surface area (Å²) in [4.78, 5) is 16.4. The van der Waals surface area contributed by atoms with E-state index in [1.807, 2.05) is 37.3 Å². The standard InChI is InChI=1S/C21H23N3O4S/c1-2-28-21-18(8-5-12-22-21)15-23-20(25)11-13-24-29(26,27)19-10-9-16-6-3-4-7-17(16)14-19/h3-10,12,14,24H,2,11,13,15H2,1H3,(H,23,25). The van der Waals surface area contributed by atoms with Crippen molar-refractivity contribution in [3.05, 3.63) is 66.4 Å². The maximum Gasteiger partial charge on any atom is 0.240 e. The normalized spacial score (nSPS) is 11.3. The van der Waals surface area contributed by atoms with Gasteiger partial charge in [-0.1, -0.05) is 36.4 Å². The van der Waals surface area contributed by atoms with Crippen LogP contribution in [0.3, 0.4) is 0 Å². The average Bonchev–Trinajstić information content (AvgIpc) is 2.73. The molecule has 29 heavy (non-hydrogen) atoms. The first-order valence-corrected chi connectivity index (χ1v) is 10.8. The molecule has 0 spiro atoms. The molecule has 2 N–H and O–H groups in total. The number of pyridine rings is 1. The number of fused-ring (bicyclic) bond motifs is 1. The van der Waals surface area contributed by atoms with Crippen LogP contribution in [0.2, 0.25) is 0 Å². The highest BCUT2D eigenvalue weighted by Crippen LogP contribution is 2.18. The van der Waals surface area contributed by atoms with Crippen LogP contribution >= 0.6 is 0 Å². The molecule has 0 saturated carbocycles. The number of rotatable bonds is 9. The number of nitrogens with one attached hydrogen (secondary N) is 2. The summed E-state index contributed by atoms with van der Waals surface area (Å²) in [5, 5.41) is 4.56. The van der Waals surface area contributed by atoms with E-state index in [0.717, 1.165) is 16.3 Å². The molecule has 2 aromatic carbocycles. The van der Waals surface area contributed by atoms with E-state index in [9.17, 15) is 13.2 Å². The quantitative estimate of drug-likeness (QED) is 0.562. The van der Waals surface area contributed by atoms with Gasteiger partial charge in [0.15, 0.2) is 0 Å². The van der Waals surface area contributed by atoms with Crippen molar-refractivity contribution in [3.63, 3.8) is 0 Å². The fourth-order valence-corrected chi connectivity index (χ4v) is 3.89.